The van der Waals surface area contributed by atoms with E-state index < -0.39 is 5.97 Å². The van der Waals surface area contributed by atoms with Crippen molar-refractivity contribution in [2.24, 2.45) is 0 Å². The van der Waals surface area contributed by atoms with Crippen LogP contribution in [0.5, 0.6) is 0 Å². The molecule has 0 fully saturated rings. The number of aliphatic carboxylic acids is 1. The second-order valence-corrected chi connectivity index (χ2v) is 2.84. The summed E-state index contributed by atoms with van der Waals surface area (Å²) >= 11 is 5.76. The number of halogens is 1. The van der Waals surface area contributed by atoms with E-state index in [-0.39, 0.29) is 6.42 Å². The molecule has 0 bridgehead atoms. The minimum Gasteiger partial charge on any atom is -0.481 e. The van der Waals surface area contributed by atoms with Gasteiger partial charge in [-0.05, 0) is 18.6 Å². The fraction of sp³-hybridized carbons (Fsp3) is 0.250. The monoisotopic (exact) mass is 185 g/mol. The first-order chi connectivity index (χ1) is 5.61. The lowest BCUT2D eigenvalue weighted by Crippen LogP contribution is -2.04. The number of nitrogens with zero attached hydrogens (tertiary/aromatic N) is 1. The summed E-state index contributed by atoms with van der Waals surface area (Å²) in [7, 11) is 0. The van der Waals surface area contributed by atoms with Crippen molar-refractivity contribution in [2.45, 2.75) is 13.3 Å². The highest BCUT2D eigenvalue weighted by molar-refractivity contribution is 6.31. The van der Waals surface area contributed by atoms with Gasteiger partial charge in [0.15, 0.2) is 0 Å². The lowest BCUT2D eigenvalue weighted by molar-refractivity contribution is -0.136. The van der Waals surface area contributed by atoms with Crippen LogP contribution in [0.2, 0.25) is 5.02 Å². The molecule has 1 aromatic heterocycles. The standard InChI is InChI=1S/C8H8ClNO2/c1-5-6(9)2-3-10-7(5)4-8(11)12/h2-3H,4H2,1H3,(H,11,12). The fourth-order valence-corrected chi connectivity index (χ4v) is 1.04. The van der Waals surface area contributed by atoms with Gasteiger partial charge in [-0.25, -0.2) is 0 Å². The molecular weight excluding hydrogens is 178 g/mol. The van der Waals surface area contributed by atoms with Crippen LogP contribution in [0.1, 0.15) is 11.3 Å². The molecular formula is C8H8ClNO2. The Bertz CT molecular complexity index is 312. The van der Waals surface area contributed by atoms with E-state index in [0.717, 1.165) is 5.56 Å². The van der Waals surface area contributed by atoms with Crippen molar-refractivity contribution in [1.82, 2.24) is 4.98 Å². The molecule has 0 atom stereocenters. The van der Waals surface area contributed by atoms with Crippen molar-refractivity contribution in [3.8, 4) is 0 Å². The lowest BCUT2D eigenvalue weighted by Gasteiger charge is -2.02. The topological polar surface area (TPSA) is 50.2 Å². The maximum Gasteiger partial charge on any atom is 0.309 e. The summed E-state index contributed by atoms with van der Waals surface area (Å²) in [5, 5.41) is 9.06. The van der Waals surface area contributed by atoms with E-state index >= 15 is 0 Å². The Balaban J connectivity index is 3.00. The van der Waals surface area contributed by atoms with E-state index in [1.807, 2.05) is 0 Å². The van der Waals surface area contributed by atoms with Gasteiger partial charge in [-0.3, -0.25) is 9.78 Å². The molecule has 4 heteroatoms. The Hall–Kier alpha value is -1.09. The van der Waals surface area contributed by atoms with E-state index in [0.29, 0.717) is 10.7 Å². The molecule has 0 saturated carbocycles. The normalized spacial score (nSPS) is 9.83. The van der Waals surface area contributed by atoms with Gasteiger partial charge in [0.1, 0.15) is 0 Å². The summed E-state index contributed by atoms with van der Waals surface area (Å²) in [6.45, 7) is 1.76. The minimum atomic E-state index is -0.895. The number of rotatable bonds is 2. The summed E-state index contributed by atoms with van der Waals surface area (Å²) in [6, 6.07) is 1.64. The number of carboxylic acids is 1. The highest BCUT2D eigenvalue weighted by atomic mass is 35.5. The molecule has 3 nitrogen and oxygen atoms in total. The van der Waals surface area contributed by atoms with Gasteiger partial charge in [0.05, 0.1) is 12.1 Å². The average Bonchev–Trinajstić information content (AvgIpc) is 1.98. The third-order valence-electron chi connectivity index (χ3n) is 1.56. The largest absolute Gasteiger partial charge is 0.481 e. The highest BCUT2D eigenvalue weighted by Gasteiger charge is 2.06. The molecule has 0 unspecified atom stereocenters. The van der Waals surface area contributed by atoms with Gasteiger partial charge < -0.3 is 5.11 Å². The quantitative estimate of drug-likeness (QED) is 0.763. The second kappa shape index (κ2) is 3.54. The summed E-state index contributed by atoms with van der Waals surface area (Å²) in [6.07, 6.45) is 1.43. The van der Waals surface area contributed by atoms with E-state index in [1.165, 1.54) is 6.20 Å². The van der Waals surface area contributed by atoms with Gasteiger partial charge in [-0.15, -0.1) is 0 Å². The first-order valence-electron chi connectivity index (χ1n) is 3.43. The van der Waals surface area contributed by atoms with Crippen LogP contribution in [-0.2, 0) is 11.2 Å². The predicted octanol–water partition coefficient (Wildman–Crippen LogP) is 1.67. The molecule has 0 aliphatic heterocycles. The molecule has 0 saturated heterocycles. The Labute approximate surface area is 75.0 Å². The highest BCUT2D eigenvalue weighted by Crippen LogP contribution is 2.16. The van der Waals surface area contributed by atoms with E-state index in [9.17, 15) is 4.79 Å². The maximum absolute atomic E-state index is 10.3. The number of carboxylic acid groups (broad SMARTS) is 1. The molecule has 0 spiro atoms. The molecule has 0 radical (unpaired) electrons. The van der Waals surface area contributed by atoms with Crippen molar-refractivity contribution < 1.29 is 9.90 Å². The SMILES string of the molecule is Cc1c(Cl)ccnc1CC(=O)O. The van der Waals surface area contributed by atoms with E-state index in [4.69, 9.17) is 16.7 Å². The number of hydrogen-bond acceptors (Lipinski definition) is 2. The maximum atomic E-state index is 10.3. The van der Waals surface area contributed by atoms with Crippen molar-refractivity contribution in [3.63, 3.8) is 0 Å². The fourth-order valence-electron chi connectivity index (χ4n) is 0.874. The van der Waals surface area contributed by atoms with Gasteiger partial charge in [0.25, 0.3) is 0 Å². The van der Waals surface area contributed by atoms with Crippen molar-refractivity contribution >= 4 is 17.6 Å². The zero-order valence-corrected chi connectivity index (χ0v) is 7.30. The number of aromatic nitrogens is 1. The summed E-state index contributed by atoms with van der Waals surface area (Å²) in [5.41, 5.74) is 1.26. The van der Waals surface area contributed by atoms with Crippen LogP contribution in [0.4, 0.5) is 0 Å². The molecule has 64 valence electrons. The first kappa shape index (κ1) is 9.00. The van der Waals surface area contributed by atoms with Crippen LogP contribution in [-0.4, -0.2) is 16.1 Å². The molecule has 0 amide bonds. The smallest absolute Gasteiger partial charge is 0.309 e. The van der Waals surface area contributed by atoms with Crippen molar-refractivity contribution in [2.75, 3.05) is 0 Å². The van der Waals surface area contributed by atoms with E-state index in [1.54, 1.807) is 13.0 Å². The predicted molar refractivity (Wildman–Crippen MR) is 45.3 cm³/mol. The Morgan fingerprint density at radius 1 is 1.75 bits per heavy atom. The Morgan fingerprint density at radius 3 is 3.00 bits per heavy atom. The third kappa shape index (κ3) is 1.95. The summed E-state index contributed by atoms with van der Waals surface area (Å²) in [4.78, 5) is 14.3. The summed E-state index contributed by atoms with van der Waals surface area (Å²) < 4.78 is 0. The van der Waals surface area contributed by atoms with Crippen LogP contribution in [0.15, 0.2) is 12.3 Å². The van der Waals surface area contributed by atoms with Gasteiger partial charge in [0.2, 0.25) is 0 Å². The molecule has 12 heavy (non-hydrogen) atoms. The molecule has 1 N–H and O–H groups in total. The van der Waals surface area contributed by atoms with Crippen LogP contribution in [0.25, 0.3) is 0 Å². The van der Waals surface area contributed by atoms with Gasteiger partial charge >= 0.3 is 5.97 Å². The molecule has 1 rings (SSSR count). The van der Waals surface area contributed by atoms with E-state index in [2.05, 4.69) is 4.98 Å². The third-order valence-corrected chi connectivity index (χ3v) is 1.97. The van der Waals surface area contributed by atoms with Crippen molar-refractivity contribution in [3.05, 3.63) is 28.5 Å². The van der Waals surface area contributed by atoms with Crippen molar-refractivity contribution in [1.29, 1.82) is 0 Å². The van der Waals surface area contributed by atoms with Crippen LogP contribution in [0, 0.1) is 6.92 Å². The zero-order chi connectivity index (χ0) is 9.14. The first-order valence-corrected chi connectivity index (χ1v) is 3.81. The summed E-state index contributed by atoms with van der Waals surface area (Å²) in [5.74, 6) is -0.895. The van der Waals surface area contributed by atoms with Gasteiger partial charge in [-0.1, -0.05) is 11.6 Å². The minimum absolute atomic E-state index is 0.0770. The second-order valence-electron chi connectivity index (χ2n) is 2.43. The van der Waals surface area contributed by atoms with Gasteiger partial charge in [-0.2, -0.15) is 0 Å². The zero-order valence-electron chi connectivity index (χ0n) is 6.54. The Kier molecular flexibility index (Phi) is 2.65. The number of carbonyl (C=O) groups is 1. The number of pyridine rings is 1. The number of hydrogen-bond donors (Lipinski definition) is 1. The average molecular weight is 186 g/mol. The molecule has 0 aliphatic rings. The molecule has 1 heterocycles. The molecule has 0 aromatic carbocycles. The van der Waals surface area contributed by atoms with Gasteiger partial charge in [0, 0.05) is 11.2 Å². The Morgan fingerprint density at radius 2 is 2.42 bits per heavy atom. The lowest BCUT2D eigenvalue weighted by atomic mass is 10.2. The van der Waals surface area contributed by atoms with Crippen LogP contribution >= 0.6 is 11.6 Å². The van der Waals surface area contributed by atoms with Crippen LogP contribution < -0.4 is 0 Å². The van der Waals surface area contributed by atoms with Crippen LogP contribution in [0.3, 0.4) is 0 Å². The molecule has 0 aliphatic carbocycles. The molecule has 1 aromatic rings.